The molecule has 0 atom stereocenters. The smallest absolute Gasteiger partial charge is 0.387 e. The molecular formula is C19H19F4N3O2. The zero-order valence-electron chi connectivity index (χ0n) is 15.2. The number of ether oxygens (including phenoxy) is 1. The third-order valence-corrected chi connectivity index (χ3v) is 3.52. The highest BCUT2D eigenvalue weighted by Gasteiger charge is 2.24. The number of halogens is 4. The van der Waals surface area contributed by atoms with E-state index >= 15 is 0 Å². The Kier molecular flexibility index (Phi) is 6.97. The summed E-state index contributed by atoms with van der Waals surface area (Å²) in [5.74, 6) is -3.40. The van der Waals surface area contributed by atoms with Gasteiger partial charge in [0.2, 0.25) is 5.91 Å². The SMILES string of the molecule is CC(CC(=O)Nc1cccc(C(C)(F)F)c1)=NNc1ccc(OC(F)F)cc1. The first kappa shape index (κ1) is 21.2. The van der Waals surface area contributed by atoms with Crippen LogP contribution in [0.3, 0.4) is 0 Å². The van der Waals surface area contributed by atoms with Crippen LogP contribution in [0.15, 0.2) is 53.6 Å². The number of rotatable bonds is 8. The molecule has 1 amide bonds. The summed E-state index contributed by atoms with van der Waals surface area (Å²) in [5, 5.41) is 6.56. The van der Waals surface area contributed by atoms with E-state index in [1.807, 2.05) is 0 Å². The predicted octanol–water partition coefficient (Wildman–Crippen LogP) is 5.22. The third kappa shape index (κ3) is 6.90. The lowest BCUT2D eigenvalue weighted by Gasteiger charge is -2.12. The molecular weight excluding hydrogens is 378 g/mol. The Balaban J connectivity index is 1.89. The average Bonchev–Trinajstić information content (AvgIpc) is 2.60. The van der Waals surface area contributed by atoms with E-state index in [2.05, 4.69) is 20.6 Å². The van der Waals surface area contributed by atoms with Gasteiger partial charge in [0.1, 0.15) is 5.75 Å². The summed E-state index contributed by atoms with van der Waals surface area (Å²) in [4.78, 5) is 12.0. The van der Waals surface area contributed by atoms with Gasteiger partial charge in [-0.05, 0) is 43.3 Å². The molecule has 0 aliphatic rings. The van der Waals surface area contributed by atoms with Gasteiger partial charge in [-0.1, -0.05) is 12.1 Å². The molecule has 0 saturated carbocycles. The molecule has 0 aliphatic heterocycles. The van der Waals surface area contributed by atoms with Crippen LogP contribution in [0.2, 0.25) is 0 Å². The normalized spacial score (nSPS) is 12.0. The molecule has 0 radical (unpaired) electrons. The molecule has 2 N–H and O–H groups in total. The van der Waals surface area contributed by atoms with Crippen LogP contribution in [0.25, 0.3) is 0 Å². The fourth-order valence-corrected chi connectivity index (χ4v) is 2.22. The second-order valence-electron chi connectivity index (χ2n) is 6.06. The van der Waals surface area contributed by atoms with Crippen molar-refractivity contribution >= 4 is 23.0 Å². The largest absolute Gasteiger partial charge is 0.435 e. The molecule has 0 unspecified atom stereocenters. The van der Waals surface area contributed by atoms with E-state index < -0.39 is 18.4 Å². The van der Waals surface area contributed by atoms with Gasteiger partial charge in [-0.2, -0.15) is 13.9 Å². The predicted molar refractivity (Wildman–Crippen MR) is 99.1 cm³/mol. The topological polar surface area (TPSA) is 62.7 Å². The van der Waals surface area contributed by atoms with Gasteiger partial charge in [0, 0.05) is 23.9 Å². The number of hydrogen-bond acceptors (Lipinski definition) is 4. The summed E-state index contributed by atoms with van der Waals surface area (Å²) < 4.78 is 55.1. The van der Waals surface area contributed by atoms with Gasteiger partial charge in [0.15, 0.2) is 0 Å². The van der Waals surface area contributed by atoms with Crippen LogP contribution in [0.1, 0.15) is 25.8 Å². The number of nitrogens with zero attached hydrogens (tertiary/aromatic N) is 1. The molecule has 0 aromatic heterocycles. The molecule has 5 nitrogen and oxygen atoms in total. The summed E-state index contributed by atoms with van der Waals surface area (Å²) >= 11 is 0. The van der Waals surface area contributed by atoms with E-state index in [0.717, 1.165) is 6.92 Å². The van der Waals surface area contributed by atoms with Crippen LogP contribution < -0.4 is 15.5 Å². The number of anilines is 2. The minimum Gasteiger partial charge on any atom is -0.435 e. The van der Waals surface area contributed by atoms with E-state index in [-0.39, 0.29) is 23.4 Å². The lowest BCUT2D eigenvalue weighted by atomic mass is 10.1. The summed E-state index contributed by atoms with van der Waals surface area (Å²) in [5.41, 5.74) is 3.70. The fourth-order valence-electron chi connectivity index (χ4n) is 2.22. The number of carbonyl (C=O) groups is 1. The molecule has 0 saturated heterocycles. The van der Waals surface area contributed by atoms with E-state index in [4.69, 9.17) is 0 Å². The minimum atomic E-state index is -3.00. The van der Waals surface area contributed by atoms with Crippen LogP contribution in [0.5, 0.6) is 5.75 Å². The van der Waals surface area contributed by atoms with E-state index in [1.54, 1.807) is 6.92 Å². The van der Waals surface area contributed by atoms with Crippen molar-refractivity contribution in [2.24, 2.45) is 5.10 Å². The number of benzene rings is 2. The Bertz CT molecular complexity index is 834. The molecule has 2 aromatic carbocycles. The molecule has 2 rings (SSSR count). The highest BCUT2D eigenvalue weighted by molar-refractivity contribution is 6.05. The molecule has 0 bridgehead atoms. The van der Waals surface area contributed by atoms with Crippen molar-refractivity contribution in [2.75, 3.05) is 10.7 Å². The van der Waals surface area contributed by atoms with Gasteiger partial charge in [0.05, 0.1) is 12.1 Å². The molecule has 2 aromatic rings. The lowest BCUT2D eigenvalue weighted by molar-refractivity contribution is -0.115. The maximum absolute atomic E-state index is 13.3. The highest BCUT2D eigenvalue weighted by Crippen LogP contribution is 2.28. The van der Waals surface area contributed by atoms with Crippen LogP contribution >= 0.6 is 0 Å². The van der Waals surface area contributed by atoms with Crippen molar-refractivity contribution < 1.29 is 27.1 Å². The highest BCUT2D eigenvalue weighted by atomic mass is 19.3. The number of hydrazone groups is 1. The van der Waals surface area contributed by atoms with Gasteiger partial charge in [0.25, 0.3) is 5.92 Å². The standard InChI is InChI=1S/C19H19F4N3O2/c1-12(25-26-14-6-8-16(9-7-14)28-18(20)21)10-17(27)24-15-5-3-4-13(11-15)19(2,22)23/h3-9,11,18,26H,10H2,1-2H3,(H,24,27). The molecule has 0 spiro atoms. The van der Waals surface area contributed by atoms with Gasteiger partial charge in [-0.25, -0.2) is 8.78 Å². The monoisotopic (exact) mass is 397 g/mol. The fraction of sp³-hybridized carbons (Fsp3) is 0.263. The second kappa shape index (κ2) is 9.20. The summed E-state index contributed by atoms with van der Waals surface area (Å²) in [7, 11) is 0. The Hall–Kier alpha value is -3.10. The van der Waals surface area contributed by atoms with Crippen molar-refractivity contribution in [1.29, 1.82) is 0 Å². The number of carbonyl (C=O) groups excluding carboxylic acids is 1. The first-order valence-corrected chi connectivity index (χ1v) is 8.26. The van der Waals surface area contributed by atoms with Crippen molar-refractivity contribution in [3.8, 4) is 5.75 Å². The zero-order valence-corrected chi connectivity index (χ0v) is 15.2. The summed E-state index contributed by atoms with van der Waals surface area (Å²) in [6.07, 6.45) is -0.0632. The molecule has 150 valence electrons. The Labute approximate surface area is 159 Å². The van der Waals surface area contributed by atoms with Gasteiger partial charge in [-0.15, -0.1) is 0 Å². The van der Waals surface area contributed by atoms with E-state index in [0.29, 0.717) is 11.4 Å². The van der Waals surface area contributed by atoms with Crippen LogP contribution in [0, 0.1) is 0 Å². The molecule has 9 heteroatoms. The molecule has 0 heterocycles. The van der Waals surface area contributed by atoms with E-state index in [1.165, 1.54) is 48.5 Å². The summed E-state index contributed by atoms with van der Waals surface area (Å²) in [6, 6.07) is 11.1. The van der Waals surface area contributed by atoms with Crippen molar-refractivity contribution in [3.05, 3.63) is 54.1 Å². The molecule has 28 heavy (non-hydrogen) atoms. The van der Waals surface area contributed by atoms with Gasteiger partial charge >= 0.3 is 6.61 Å². The maximum atomic E-state index is 13.3. The van der Waals surface area contributed by atoms with Crippen LogP contribution in [-0.4, -0.2) is 18.2 Å². The molecule has 0 fully saturated rings. The quantitative estimate of drug-likeness (QED) is 0.365. The van der Waals surface area contributed by atoms with Gasteiger partial charge in [-0.3, -0.25) is 10.2 Å². The Morgan fingerprint density at radius 3 is 2.43 bits per heavy atom. The van der Waals surface area contributed by atoms with Crippen molar-refractivity contribution in [2.45, 2.75) is 32.8 Å². The minimum absolute atomic E-state index is 0.0144. The molecule has 0 aliphatic carbocycles. The first-order chi connectivity index (χ1) is 13.1. The Morgan fingerprint density at radius 1 is 1.14 bits per heavy atom. The number of hydrogen-bond donors (Lipinski definition) is 2. The number of nitrogens with one attached hydrogen (secondary N) is 2. The zero-order chi connectivity index (χ0) is 20.7. The lowest BCUT2D eigenvalue weighted by Crippen LogP contribution is -2.16. The third-order valence-electron chi connectivity index (χ3n) is 3.52. The summed E-state index contributed by atoms with van der Waals surface area (Å²) in [6.45, 7) is -0.512. The maximum Gasteiger partial charge on any atom is 0.387 e. The Morgan fingerprint density at radius 2 is 1.82 bits per heavy atom. The number of amides is 1. The first-order valence-electron chi connectivity index (χ1n) is 8.26. The average molecular weight is 397 g/mol. The van der Waals surface area contributed by atoms with Crippen molar-refractivity contribution in [3.63, 3.8) is 0 Å². The second-order valence-corrected chi connectivity index (χ2v) is 6.06. The van der Waals surface area contributed by atoms with Crippen LogP contribution in [-0.2, 0) is 10.7 Å². The van der Waals surface area contributed by atoms with Crippen molar-refractivity contribution in [1.82, 2.24) is 0 Å². The van der Waals surface area contributed by atoms with Gasteiger partial charge < -0.3 is 10.1 Å². The van der Waals surface area contributed by atoms with E-state index in [9.17, 15) is 22.4 Å². The van der Waals surface area contributed by atoms with Crippen LogP contribution in [0.4, 0.5) is 28.9 Å². The number of alkyl halides is 4.